The average Bonchev–Trinajstić information content (AvgIpc) is 2.46. The third-order valence-electron chi connectivity index (χ3n) is 2.97. The van der Waals surface area contributed by atoms with Crippen molar-refractivity contribution in [3.63, 3.8) is 0 Å². The van der Waals surface area contributed by atoms with E-state index in [1.54, 1.807) is 37.4 Å². The largest absolute Gasteiger partial charge is 0.355 e. The van der Waals surface area contributed by atoms with E-state index in [-0.39, 0.29) is 10.8 Å². The highest BCUT2D eigenvalue weighted by atomic mass is 32.2. The fraction of sp³-hybridized carbons (Fsp3) is 0.286. The lowest BCUT2D eigenvalue weighted by molar-refractivity contribution is -0.122. The summed E-state index contributed by atoms with van der Waals surface area (Å²) in [6.07, 6.45) is 1.60. The number of nitrogens with one attached hydrogen (secondary N) is 2. The molecule has 2 N–H and O–H groups in total. The van der Waals surface area contributed by atoms with Gasteiger partial charge in [-0.05, 0) is 38.1 Å². The third kappa shape index (κ3) is 3.37. The van der Waals surface area contributed by atoms with Gasteiger partial charge in [-0.1, -0.05) is 6.07 Å². The maximum absolute atomic E-state index is 12.4. The number of hydrogen-bond donors (Lipinski definition) is 2. The zero-order chi connectivity index (χ0) is 15.5. The van der Waals surface area contributed by atoms with Crippen molar-refractivity contribution in [1.29, 1.82) is 0 Å². The highest BCUT2D eigenvalue weighted by Gasteiger charge is 2.23. The van der Waals surface area contributed by atoms with Crippen LogP contribution in [0, 0.1) is 0 Å². The molecule has 0 fully saturated rings. The van der Waals surface area contributed by atoms with Crippen LogP contribution in [0.4, 0.5) is 0 Å². The van der Waals surface area contributed by atoms with Gasteiger partial charge >= 0.3 is 0 Å². The normalized spacial score (nSPS) is 13.0. The Balaban J connectivity index is 2.36. The molecule has 2 rings (SSSR count). The maximum atomic E-state index is 12.4. The first-order chi connectivity index (χ1) is 9.95. The summed E-state index contributed by atoms with van der Waals surface area (Å²) in [7, 11) is -3.80. The van der Waals surface area contributed by atoms with Crippen LogP contribution in [0.3, 0.4) is 0 Å². The van der Waals surface area contributed by atoms with E-state index >= 15 is 0 Å². The van der Waals surface area contributed by atoms with Crippen molar-refractivity contribution in [2.24, 2.45) is 0 Å². The molecular weight excluding hydrogens is 290 g/mol. The summed E-state index contributed by atoms with van der Waals surface area (Å²) in [4.78, 5) is 15.9. The van der Waals surface area contributed by atoms with E-state index < -0.39 is 16.1 Å². The van der Waals surface area contributed by atoms with Gasteiger partial charge in [0.1, 0.15) is 0 Å². The molecule has 0 saturated heterocycles. The summed E-state index contributed by atoms with van der Waals surface area (Å²) >= 11 is 0. The van der Waals surface area contributed by atoms with Crippen molar-refractivity contribution >= 4 is 26.8 Å². The minimum absolute atomic E-state index is 0.115. The minimum Gasteiger partial charge on any atom is -0.355 e. The lowest BCUT2D eigenvalue weighted by Gasteiger charge is -2.14. The third-order valence-corrected chi connectivity index (χ3v) is 4.57. The van der Waals surface area contributed by atoms with Gasteiger partial charge in [-0.3, -0.25) is 9.78 Å². The van der Waals surface area contributed by atoms with Gasteiger partial charge in [0.25, 0.3) is 0 Å². The minimum atomic E-state index is -3.80. The standard InChI is InChI=1S/C14H17N3O3S/c1-3-15-14(18)10(2)17-21(19,20)13-8-4-7-12-11(13)6-5-9-16-12/h4-10,17H,3H2,1-2H3,(H,15,18)/t10-/m0/s1. The molecule has 112 valence electrons. The van der Waals surface area contributed by atoms with E-state index in [0.29, 0.717) is 17.4 Å². The van der Waals surface area contributed by atoms with Gasteiger partial charge in [-0.15, -0.1) is 0 Å². The first kappa shape index (κ1) is 15.4. The number of hydrogen-bond acceptors (Lipinski definition) is 4. The van der Waals surface area contributed by atoms with Crippen LogP contribution in [-0.4, -0.2) is 31.9 Å². The fourth-order valence-corrected chi connectivity index (χ4v) is 3.41. The quantitative estimate of drug-likeness (QED) is 0.864. The Morgan fingerprint density at radius 1 is 1.29 bits per heavy atom. The molecule has 1 aromatic carbocycles. The van der Waals surface area contributed by atoms with Crippen molar-refractivity contribution in [3.8, 4) is 0 Å². The molecule has 0 bridgehead atoms. The number of carbonyl (C=O) groups excluding carboxylic acids is 1. The van der Waals surface area contributed by atoms with Crippen LogP contribution in [0.15, 0.2) is 41.4 Å². The predicted octanol–water partition coefficient (Wildman–Crippen LogP) is 1.04. The summed E-state index contributed by atoms with van der Waals surface area (Å²) < 4.78 is 27.3. The van der Waals surface area contributed by atoms with Crippen molar-refractivity contribution in [2.75, 3.05) is 6.54 Å². The van der Waals surface area contributed by atoms with Crippen LogP contribution in [-0.2, 0) is 14.8 Å². The summed E-state index contributed by atoms with van der Waals surface area (Å²) in [5.74, 6) is -0.362. The molecule has 0 saturated carbocycles. The van der Waals surface area contributed by atoms with E-state index in [2.05, 4.69) is 15.0 Å². The Morgan fingerprint density at radius 3 is 2.76 bits per heavy atom. The molecule has 0 spiro atoms. The van der Waals surface area contributed by atoms with Gasteiger partial charge in [0.15, 0.2) is 0 Å². The van der Waals surface area contributed by atoms with Crippen LogP contribution in [0.2, 0.25) is 0 Å². The summed E-state index contributed by atoms with van der Waals surface area (Å²) in [5.41, 5.74) is 0.589. The maximum Gasteiger partial charge on any atom is 0.241 e. The monoisotopic (exact) mass is 307 g/mol. The molecule has 0 unspecified atom stereocenters. The van der Waals surface area contributed by atoms with Crippen molar-refractivity contribution in [1.82, 2.24) is 15.0 Å². The van der Waals surface area contributed by atoms with Crippen LogP contribution in [0.1, 0.15) is 13.8 Å². The zero-order valence-corrected chi connectivity index (χ0v) is 12.6. The number of rotatable bonds is 5. The lowest BCUT2D eigenvalue weighted by atomic mass is 10.2. The average molecular weight is 307 g/mol. The molecule has 1 aromatic heterocycles. The molecule has 2 aromatic rings. The molecule has 0 aliphatic heterocycles. The van der Waals surface area contributed by atoms with E-state index in [1.165, 1.54) is 13.0 Å². The molecule has 0 aliphatic rings. The summed E-state index contributed by atoms with van der Waals surface area (Å²) in [6, 6.07) is 7.38. The van der Waals surface area contributed by atoms with Gasteiger partial charge < -0.3 is 5.32 Å². The first-order valence-corrected chi connectivity index (χ1v) is 8.08. The SMILES string of the molecule is CCNC(=O)[C@H](C)NS(=O)(=O)c1cccc2ncccc12. The van der Waals surface area contributed by atoms with Gasteiger partial charge in [-0.2, -0.15) is 4.72 Å². The highest BCUT2D eigenvalue weighted by Crippen LogP contribution is 2.21. The Bertz CT molecular complexity index is 754. The number of pyridine rings is 1. The van der Waals surface area contributed by atoms with Crippen molar-refractivity contribution in [3.05, 3.63) is 36.5 Å². The molecular formula is C14H17N3O3S. The summed E-state index contributed by atoms with van der Waals surface area (Å²) in [5, 5.41) is 3.10. The molecule has 1 atom stereocenters. The van der Waals surface area contributed by atoms with Crippen LogP contribution >= 0.6 is 0 Å². The molecule has 1 heterocycles. The second-order valence-corrected chi connectivity index (χ2v) is 6.25. The van der Waals surface area contributed by atoms with Crippen LogP contribution in [0.5, 0.6) is 0 Å². The molecule has 0 aliphatic carbocycles. The van der Waals surface area contributed by atoms with E-state index in [9.17, 15) is 13.2 Å². The Labute approximate surface area is 123 Å². The van der Waals surface area contributed by atoms with Gasteiger partial charge in [0, 0.05) is 18.1 Å². The molecule has 21 heavy (non-hydrogen) atoms. The topological polar surface area (TPSA) is 88.2 Å². The van der Waals surface area contributed by atoms with E-state index in [0.717, 1.165) is 0 Å². The number of nitrogens with zero attached hydrogens (tertiary/aromatic N) is 1. The van der Waals surface area contributed by atoms with E-state index in [4.69, 9.17) is 0 Å². The van der Waals surface area contributed by atoms with Crippen LogP contribution < -0.4 is 10.0 Å². The molecule has 6 nitrogen and oxygen atoms in total. The number of sulfonamides is 1. The van der Waals surface area contributed by atoms with Crippen molar-refractivity contribution < 1.29 is 13.2 Å². The number of benzene rings is 1. The fourth-order valence-electron chi connectivity index (χ4n) is 1.99. The first-order valence-electron chi connectivity index (χ1n) is 6.59. The predicted molar refractivity (Wildman–Crippen MR) is 80.2 cm³/mol. The van der Waals surface area contributed by atoms with Crippen molar-refractivity contribution in [2.45, 2.75) is 24.8 Å². The second kappa shape index (κ2) is 6.19. The summed E-state index contributed by atoms with van der Waals surface area (Å²) in [6.45, 7) is 3.73. The van der Waals surface area contributed by atoms with E-state index in [1.807, 2.05) is 0 Å². The number of amides is 1. The number of carbonyl (C=O) groups is 1. The highest BCUT2D eigenvalue weighted by molar-refractivity contribution is 7.89. The number of fused-ring (bicyclic) bond motifs is 1. The van der Waals surface area contributed by atoms with Gasteiger partial charge in [0.05, 0.1) is 16.5 Å². The number of aromatic nitrogens is 1. The Morgan fingerprint density at radius 2 is 2.05 bits per heavy atom. The Hall–Kier alpha value is -1.99. The van der Waals surface area contributed by atoms with Gasteiger partial charge in [-0.25, -0.2) is 8.42 Å². The zero-order valence-electron chi connectivity index (χ0n) is 11.8. The van der Waals surface area contributed by atoms with Gasteiger partial charge in [0.2, 0.25) is 15.9 Å². The molecule has 7 heteroatoms. The molecule has 0 radical (unpaired) electrons. The molecule has 1 amide bonds. The Kier molecular flexibility index (Phi) is 4.54. The smallest absolute Gasteiger partial charge is 0.241 e. The van der Waals surface area contributed by atoms with Crippen LogP contribution in [0.25, 0.3) is 10.9 Å². The second-order valence-electron chi connectivity index (χ2n) is 4.56. The number of likely N-dealkylation sites (N-methyl/N-ethyl adjacent to an activating group) is 1. The lowest BCUT2D eigenvalue weighted by Crippen LogP contribution is -2.44.